The number of hydrogen-bond donors (Lipinski definition) is 2. The van der Waals surface area contributed by atoms with Crippen LogP contribution in [0, 0.1) is 5.41 Å². The molecule has 0 heterocycles. The number of ether oxygens (including phenoxy) is 1. The summed E-state index contributed by atoms with van der Waals surface area (Å²) >= 11 is 0. The third kappa shape index (κ3) is 6.33. The van der Waals surface area contributed by atoms with Crippen molar-refractivity contribution >= 4 is 21.7 Å². The van der Waals surface area contributed by atoms with Gasteiger partial charge in [0.25, 0.3) is 0 Å². The molecule has 1 fully saturated rings. The average molecular weight is 307 g/mol. The fourth-order valence-corrected chi connectivity index (χ4v) is 4.01. The van der Waals surface area contributed by atoms with Crippen molar-refractivity contribution in [3.05, 3.63) is 0 Å². The highest BCUT2D eigenvalue weighted by Gasteiger charge is 2.47. The summed E-state index contributed by atoms with van der Waals surface area (Å²) in [5, 5.41) is 11.3. The minimum atomic E-state index is -3.57. The van der Waals surface area contributed by atoms with Crippen molar-refractivity contribution in [2.24, 2.45) is 5.41 Å². The topological polar surface area (TPSA) is 110 Å². The summed E-state index contributed by atoms with van der Waals surface area (Å²) in [4.78, 5) is 22.2. The summed E-state index contributed by atoms with van der Waals surface area (Å²) in [7, 11) is -2.03. The van der Waals surface area contributed by atoms with Crippen LogP contribution in [-0.4, -0.2) is 57.2 Å². The van der Waals surface area contributed by atoms with Crippen molar-refractivity contribution < 1.29 is 27.9 Å². The van der Waals surface area contributed by atoms with E-state index in [0.29, 0.717) is 32.4 Å². The Kier molecular flexibility index (Phi) is 5.94. The number of sulfone groups is 1. The molecule has 0 aliphatic heterocycles. The van der Waals surface area contributed by atoms with Gasteiger partial charge in [0.15, 0.2) is 9.84 Å². The molecule has 0 aromatic carbocycles. The Morgan fingerprint density at radius 2 is 2.00 bits per heavy atom. The van der Waals surface area contributed by atoms with Gasteiger partial charge < -0.3 is 15.2 Å². The minimum Gasteiger partial charge on any atom is -0.481 e. The zero-order chi connectivity index (χ0) is 15.2. The number of carbonyl (C=O) groups excluding carboxylic acids is 1. The largest absolute Gasteiger partial charge is 0.481 e. The van der Waals surface area contributed by atoms with Gasteiger partial charge in [0.1, 0.15) is 5.75 Å². The smallest absolute Gasteiger partial charge is 0.303 e. The molecule has 0 saturated heterocycles. The maximum atomic E-state index is 11.9. The molecule has 0 bridgehead atoms. The molecule has 1 rings (SSSR count). The van der Waals surface area contributed by atoms with E-state index < -0.39 is 32.9 Å². The fourth-order valence-electron chi connectivity index (χ4n) is 2.08. The normalized spacial score (nSPS) is 16.6. The van der Waals surface area contributed by atoms with Crippen molar-refractivity contribution in [2.75, 3.05) is 31.8 Å². The summed E-state index contributed by atoms with van der Waals surface area (Å²) in [6, 6.07) is 0. The summed E-state index contributed by atoms with van der Waals surface area (Å²) in [5.41, 5.74) is -0.652. The Labute approximate surface area is 118 Å². The van der Waals surface area contributed by atoms with E-state index >= 15 is 0 Å². The van der Waals surface area contributed by atoms with Crippen LogP contribution in [0.3, 0.4) is 0 Å². The number of rotatable bonds is 10. The Hall–Kier alpha value is -1.15. The molecule has 0 radical (unpaired) electrons. The first-order chi connectivity index (χ1) is 9.29. The van der Waals surface area contributed by atoms with Gasteiger partial charge in [-0.2, -0.15) is 0 Å². The first-order valence-corrected chi connectivity index (χ1v) is 8.29. The standard InChI is InChI=1S/C12H21NO6S/c1-19-6-2-5-13-10(14)8-20(17,18)9-12(3-4-12)7-11(15)16/h2-9H2,1H3,(H,13,14)(H,15,16). The number of carboxylic acid groups (broad SMARTS) is 1. The molecule has 1 aliphatic rings. The molecule has 0 aromatic heterocycles. The molecule has 0 atom stereocenters. The van der Waals surface area contributed by atoms with Crippen LogP contribution in [0.1, 0.15) is 25.7 Å². The Balaban J connectivity index is 2.38. The summed E-state index contributed by atoms with van der Waals surface area (Å²) in [5.74, 6) is -2.35. The van der Waals surface area contributed by atoms with Gasteiger partial charge in [0.2, 0.25) is 5.91 Å². The van der Waals surface area contributed by atoms with Crippen LogP contribution in [0.4, 0.5) is 0 Å². The van der Waals surface area contributed by atoms with Crippen molar-refractivity contribution in [1.29, 1.82) is 0 Å². The predicted molar refractivity (Wildman–Crippen MR) is 72.1 cm³/mol. The highest BCUT2D eigenvalue weighted by molar-refractivity contribution is 7.92. The molecular weight excluding hydrogens is 286 g/mol. The van der Waals surface area contributed by atoms with E-state index in [4.69, 9.17) is 9.84 Å². The van der Waals surface area contributed by atoms with E-state index in [-0.39, 0.29) is 12.2 Å². The van der Waals surface area contributed by atoms with Crippen LogP contribution in [0.5, 0.6) is 0 Å². The summed E-state index contributed by atoms with van der Waals surface area (Å²) in [6.07, 6.45) is 1.65. The summed E-state index contributed by atoms with van der Waals surface area (Å²) < 4.78 is 28.6. The van der Waals surface area contributed by atoms with Gasteiger partial charge in [0, 0.05) is 20.3 Å². The predicted octanol–water partition coefficient (Wildman–Crippen LogP) is -0.191. The van der Waals surface area contributed by atoms with Crippen LogP contribution >= 0.6 is 0 Å². The molecule has 0 aromatic rings. The van der Waals surface area contributed by atoms with Crippen LogP contribution in [0.2, 0.25) is 0 Å². The molecule has 0 spiro atoms. The van der Waals surface area contributed by atoms with Crippen LogP contribution in [0.15, 0.2) is 0 Å². The monoisotopic (exact) mass is 307 g/mol. The second-order valence-electron chi connectivity index (χ2n) is 5.30. The minimum absolute atomic E-state index is 0.151. The first-order valence-electron chi connectivity index (χ1n) is 6.46. The quantitative estimate of drug-likeness (QED) is 0.541. The van der Waals surface area contributed by atoms with Crippen LogP contribution in [-0.2, 0) is 24.2 Å². The van der Waals surface area contributed by atoms with Crippen molar-refractivity contribution in [1.82, 2.24) is 5.32 Å². The third-order valence-electron chi connectivity index (χ3n) is 3.21. The van der Waals surface area contributed by atoms with Gasteiger partial charge in [0.05, 0.1) is 12.2 Å². The number of nitrogens with one attached hydrogen (secondary N) is 1. The fraction of sp³-hybridized carbons (Fsp3) is 0.833. The van der Waals surface area contributed by atoms with Gasteiger partial charge >= 0.3 is 5.97 Å². The molecule has 20 heavy (non-hydrogen) atoms. The second kappa shape index (κ2) is 7.03. The number of aliphatic carboxylic acids is 1. The van der Waals surface area contributed by atoms with Crippen LogP contribution in [0.25, 0.3) is 0 Å². The lowest BCUT2D eigenvalue weighted by Gasteiger charge is -2.12. The number of hydrogen-bond acceptors (Lipinski definition) is 5. The zero-order valence-corrected chi connectivity index (χ0v) is 12.4. The average Bonchev–Trinajstić information content (AvgIpc) is 3.01. The molecule has 7 nitrogen and oxygen atoms in total. The van der Waals surface area contributed by atoms with E-state index in [1.54, 1.807) is 7.11 Å². The molecule has 1 saturated carbocycles. The van der Waals surface area contributed by atoms with Crippen molar-refractivity contribution in [3.8, 4) is 0 Å². The van der Waals surface area contributed by atoms with Crippen molar-refractivity contribution in [2.45, 2.75) is 25.7 Å². The van der Waals surface area contributed by atoms with E-state index in [2.05, 4.69) is 5.32 Å². The van der Waals surface area contributed by atoms with Gasteiger partial charge in [-0.3, -0.25) is 9.59 Å². The lowest BCUT2D eigenvalue weighted by Crippen LogP contribution is -2.34. The molecule has 1 aliphatic carbocycles. The Morgan fingerprint density at radius 3 is 2.50 bits per heavy atom. The van der Waals surface area contributed by atoms with Gasteiger partial charge in [-0.25, -0.2) is 8.42 Å². The molecular formula is C12H21NO6S. The van der Waals surface area contributed by atoms with E-state index in [1.165, 1.54) is 0 Å². The SMILES string of the molecule is COCCCNC(=O)CS(=O)(=O)CC1(CC(=O)O)CC1. The number of carbonyl (C=O) groups is 2. The first kappa shape index (κ1) is 16.9. The molecule has 8 heteroatoms. The lowest BCUT2D eigenvalue weighted by molar-refractivity contribution is -0.138. The highest BCUT2D eigenvalue weighted by Crippen LogP contribution is 2.49. The second-order valence-corrected chi connectivity index (χ2v) is 7.36. The maximum absolute atomic E-state index is 11.9. The van der Waals surface area contributed by atoms with Gasteiger partial charge in [-0.15, -0.1) is 0 Å². The molecule has 2 N–H and O–H groups in total. The van der Waals surface area contributed by atoms with E-state index in [0.717, 1.165) is 0 Å². The van der Waals surface area contributed by atoms with Crippen LogP contribution < -0.4 is 5.32 Å². The number of methoxy groups -OCH3 is 1. The van der Waals surface area contributed by atoms with E-state index in [1.807, 2.05) is 0 Å². The van der Waals surface area contributed by atoms with Crippen molar-refractivity contribution in [3.63, 3.8) is 0 Å². The third-order valence-corrected chi connectivity index (χ3v) is 4.96. The maximum Gasteiger partial charge on any atom is 0.303 e. The number of carboxylic acids is 1. The van der Waals surface area contributed by atoms with Gasteiger partial charge in [-0.1, -0.05) is 0 Å². The molecule has 116 valence electrons. The molecule has 0 unspecified atom stereocenters. The Bertz CT molecular complexity index is 455. The molecule has 1 amide bonds. The Morgan fingerprint density at radius 1 is 1.35 bits per heavy atom. The van der Waals surface area contributed by atoms with Gasteiger partial charge in [-0.05, 0) is 24.7 Å². The van der Waals surface area contributed by atoms with E-state index in [9.17, 15) is 18.0 Å². The number of amides is 1. The lowest BCUT2D eigenvalue weighted by atomic mass is 10.1. The summed E-state index contributed by atoms with van der Waals surface area (Å²) in [6.45, 7) is 0.858. The zero-order valence-electron chi connectivity index (χ0n) is 11.6. The highest BCUT2D eigenvalue weighted by atomic mass is 32.2.